The Morgan fingerprint density at radius 2 is 1.96 bits per heavy atom. The molecule has 7 nitrogen and oxygen atoms in total. The Balaban J connectivity index is 1.43. The number of nitrogens with zero attached hydrogens (tertiary/aromatic N) is 2. The number of hydrogen-bond donors (Lipinski definition) is 1. The van der Waals surface area contributed by atoms with Crippen LogP contribution in [0.3, 0.4) is 0 Å². The van der Waals surface area contributed by atoms with Crippen LogP contribution in [0.15, 0.2) is 48.5 Å². The number of carbonyl (C=O) groups is 1. The summed E-state index contributed by atoms with van der Waals surface area (Å²) in [6.45, 7) is 1.76. The Hall–Kier alpha value is -3.16. The van der Waals surface area contributed by atoms with Crippen molar-refractivity contribution in [1.82, 2.24) is 5.32 Å². The second kappa shape index (κ2) is 9.16. The number of amides is 1. The Kier molecular flexibility index (Phi) is 6.41. The maximum absolute atomic E-state index is 13.1. The normalized spacial score (nSPS) is 14.5. The molecule has 1 aliphatic heterocycles. The van der Waals surface area contributed by atoms with Gasteiger partial charge >= 0.3 is 0 Å². The van der Waals surface area contributed by atoms with Crippen LogP contribution in [0, 0.1) is 21.8 Å². The van der Waals surface area contributed by atoms with Crippen molar-refractivity contribution in [2.24, 2.45) is 5.92 Å². The number of rotatable bonds is 7. The number of nitrogens with one attached hydrogen (secondary N) is 1. The van der Waals surface area contributed by atoms with Gasteiger partial charge in [-0.2, -0.15) is 0 Å². The molecule has 0 bridgehead atoms. The molecular formula is C20H22FN3O4. The second-order valence-electron chi connectivity index (χ2n) is 6.60. The van der Waals surface area contributed by atoms with Crippen molar-refractivity contribution < 1.29 is 18.8 Å². The number of para-hydroxylation sites is 2. The summed E-state index contributed by atoms with van der Waals surface area (Å²) in [6.07, 6.45) is 1.26. The molecule has 0 aliphatic carbocycles. The predicted octanol–water partition coefficient (Wildman–Crippen LogP) is 3.15. The molecule has 0 radical (unpaired) electrons. The molecule has 0 saturated carbocycles. The lowest BCUT2D eigenvalue weighted by atomic mass is 9.95. The third-order valence-electron chi connectivity index (χ3n) is 4.75. The monoisotopic (exact) mass is 387 g/mol. The average Bonchev–Trinajstić information content (AvgIpc) is 2.71. The highest BCUT2D eigenvalue weighted by Gasteiger charge is 2.27. The SMILES string of the molecule is O=C(NCCOc1cccc(F)c1)C1CCN(c2ccccc2[N+](=O)[O-])CC1. The first-order chi connectivity index (χ1) is 13.5. The lowest BCUT2D eigenvalue weighted by molar-refractivity contribution is -0.384. The number of halogens is 1. The summed E-state index contributed by atoms with van der Waals surface area (Å²) in [6, 6.07) is 12.5. The van der Waals surface area contributed by atoms with Crippen molar-refractivity contribution >= 4 is 17.3 Å². The van der Waals surface area contributed by atoms with Crippen molar-refractivity contribution in [3.8, 4) is 5.75 Å². The summed E-state index contributed by atoms with van der Waals surface area (Å²) in [7, 11) is 0. The largest absolute Gasteiger partial charge is 0.492 e. The molecule has 0 spiro atoms. The number of nitro benzene ring substituents is 1. The number of carbonyl (C=O) groups excluding carboxylic acids is 1. The molecule has 1 heterocycles. The highest BCUT2D eigenvalue weighted by atomic mass is 19.1. The molecule has 28 heavy (non-hydrogen) atoms. The van der Waals surface area contributed by atoms with Crippen LogP contribution in [0.2, 0.25) is 0 Å². The molecule has 148 valence electrons. The highest BCUT2D eigenvalue weighted by molar-refractivity contribution is 5.79. The first-order valence-corrected chi connectivity index (χ1v) is 9.19. The van der Waals surface area contributed by atoms with Gasteiger partial charge < -0.3 is 15.0 Å². The highest BCUT2D eigenvalue weighted by Crippen LogP contribution is 2.31. The standard InChI is InChI=1S/C20H22FN3O4/c21-16-4-3-5-17(14-16)28-13-10-22-20(25)15-8-11-23(12-9-15)18-6-1-2-7-19(18)24(26)27/h1-7,14-15H,8-13H2,(H,22,25). The molecule has 0 aromatic heterocycles. The Morgan fingerprint density at radius 3 is 2.68 bits per heavy atom. The zero-order valence-electron chi connectivity index (χ0n) is 15.3. The first-order valence-electron chi connectivity index (χ1n) is 9.19. The number of benzene rings is 2. The van der Waals surface area contributed by atoms with E-state index < -0.39 is 0 Å². The minimum absolute atomic E-state index is 0.0509. The van der Waals surface area contributed by atoms with Crippen molar-refractivity contribution in [3.05, 3.63) is 64.5 Å². The van der Waals surface area contributed by atoms with Crippen LogP contribution in [0.5, 0.6) is 5.75 Å². The fourth-order valence-electron chi connectivity index (χ4n) is 3.31. The molecule has 0 atom stereocenters. The molecule has 2 aromatic rings. The van der Waals surface area contributed by atoms with E-state index in [1.807, 2.05) is 4.90 Å². The molecule has 8 heteroatoms. The van der Waals surface area contributed by atoms with Gasteiger partial charge in [-0.1, -0.05) is 18.2 Å². The Bertz CT molecular complexity index is 838. The third kappa shape index (κ3) is 4.97. The first kappa shape index (κ1) is 19.6. The van der Waals surface area contributed by atoms with Crippen LogP contribution in [0.25, 0.3) is 0 Å². The van der Waals surface area contributed by atoms with E-state index in [9.17, 15) is 19.3 Å². The van der Waals surface area contributed by atoms with E-state index in [1.165, 1.54) is 18.2 Å². The maximum atomic E-state index is 13.1. The topological polar surface area (TPSA) is 84.7 Å². The summed E-state index contributed by atoms with van der Waals surface area (Å²) in [5.74, 6) is -0.128. The number of nitro groups is 1. The zero-order valence-corrected chi connectivity index (χ0v) is 15.3. The fourth-order valence-corrected chi connectivity index (χ4v) is 3.31. The fraction of sp³-hybridized carbons (Fsp3) is 0.350. The number of anilines is 1. The second-order valence-corrected chi connectivity index (χ2v) is 6.60. The molecule has 2 aromatic carbocycles. The Morgan fingerprint density at radius 1 is 1.21 bits per heavy atom. The summed E-state index contributed by atoms with van der Waals surface area (Å²) in [4.78, 5) is 25.1. The lowest BCUT2D eigenvalue weighted by Gasteiger charge is -2.32. The molecule has 1 fully saturated rings. The number of hydrogen-bond acceptors (Lipinski definition) is 5. The van der Waals surface area contributed by atoms with Gasteiger partial charge in [0.2, 0.25) is 5.91 Å². The van der Waals surface area contributed by atoms with Crippen molar-refractivity contribution in [2.75, 3.05) is 31.1 Å². The minimum Gasteiger partial charge on any atom is -0.492 e. The van der Waals surface area contributed by atoms with Gasteiger partial charge in [0.05, 0.1) is 11.5 Å². The molecule has 0 unspecified atom stereocenters. The Labute approximate surface area is 162 Å². The van der Waals surface area contributed by atoms with E-state index in [0.717, 1.165) is 0 Å². The van der Waals surface area contributed by atoms with Crippen molar-refractivity contribution in [1.29, 1.82) is 0 Å². The van der Waals surface area contributed by atoms with Gasteiger partial charge in [-0.3, -0.25) is 14.9 Å². The van der Waals surface area contributed by atoms with Crippen LogP contribution in [0.4, 0.5) is 15.8 Å². The van der Waals surface area contributed by atoms with Gasteiger partial charge in [-0.05, 0) is 31.0 Å². The van der Waals surface area contributed by atoms with Gasteiger partial charge in [0.25, 0.3) is 5.69 Å². The molecule has 1 N–H and O–H groups in total. The van der Waals surface area contributed by atoms with Crippen LogP contribution < -0.4 is 15.0 Å². The summed E-state index contributed by atoms with van der Waals surface area (Å²) in [5, 5.41) is 14.0. The van der Waals surface area contributed by atoms with Crippen LogP contribution >= 0.6 is 0 Å². The van der Waals surface area contributed by atoms with Crippen molar-refractivity contribution in [3.63, 3.8) is 0 Å². The van der Waals surface area contributed by atoms with E-state index in [1.54, 1.807) is 30.3 Å². The molecular weight excluding hydrogens is 365 g/mol. The summed E-state index contributed by atoms with van der Waals surface area (Å²) >= 11 is 0. The van der Waals surface area contributed by atoms with Crippen LogP contribution in [0.1, 0.15) is 12.8 Å². The van der Waals surface area contributed by atoms with Gasteiger partial charge in [0.1, 0.15) is 23.9 Å². The van der Waals surface area contributed by atoms with Crippen LogP contribution in [-0.4, -0.2) is 37.1 Å². The number of piperidine rings is 1. The summed E-state index contributed by atoms with van der Waals surface area (Å²) in [5.41, 5.74) is 0.676. The molecule has 1 saturated heterocycles. The molecule has 3 rings (SSSR count). The molecule has 1 amide bonds. The smallest absolute Gasteiger partial charge is 0.292 e. The predicted molar refractivity (Wildman–Crippen MR) is 103 cm³/mol. The zero-order chi connectivity index (χ0) is 19.9. The van der Waals surface area contributed by atoms with Gasteiger partial charge in [-0.15, -0.1) is 0 Å². The number of ether oxygens (including phenoxy) is 1. The summed E-state index contributed by atoms with van der Waals surface area (Å²) < 4.78 is 18.5. The van der Waals surface area contributed by atoms with E-state index in [2.05, 4.69) is 5.32 Å². The van der Waals surface area contributed by atoms with E-state index >= 15 is 0 Å². The maximum Gasteiger partial charge on any atom is 0.292 e. The van der Waals surface area contributed by atoms with Crippen LogP contribution in [-0.2, 0) is 4.79 Å². The van der Waals surface area contributed by atoms with E-state index in [0.29, 0.717) is 43.9 Å². The lowest BCUT2D eigenvalue weighted by Crippen LogP contribution is -2.41. The minimum atomic E-state index is -0.382. The van der Waals surface area contributed by atoms with Gasteiger partial charge in [0.15, 0.2) is 0 Å². The molecule has 1 aliphatic rings. The van der Waals surface area contributed by atoms with E-state index in [-0.39, 0.29) is 34.9 Å². The van der Waals surface area contributed by atoms with Gasteiger partial charge in [-0.25, -0.2) is 4.39 Å². The third-order valence-corrected chi connectivity index (χ3v) is 4.75. The van der Waals surface area contributed by atoms with Gasteiger partial charge in [0, 0.05) is 31.1 Å². The van der Waals surface area contributed by atoms with Crippen molar-refractivity contribution in [2.45, 2.75) is 12.8 Å². The average molecular weight is 387 g/mol. The quantitative estimate of drug-likeness (QED) is 0.448. The van der Waals surface area contributed by atoms with E-state index in [4.69, 9.17) is 4.74 Å².